The molecular weight excluding hydrogens is 274 g/mol. The molecule has 0 spiro atoms. The first-order valence-corrected chi connectivity index (χ1v) is 7.74. The Hall–Kier alpha value is -1.36. The summed E-state index contributed by atoms with van der Waals surface area (Å²) in [5.41, 5.74) is 0.345. The number of carbonyl (C=O) groups is 2. The molecule has 1 aromatic heterocycles. The van der Waals surface area contributed by atoms with Crippen molar-refractivity contribution in [2.24, 2.45) is 11.3 Å². The van der Waals surface area contributed by atoms with Crippen LogP contribution < -0.4 is 5.32 Å². The molecule has 0 fully saturated rings. The van der Waals surface area contributed by atoms with Crippen LogP contribution in [0.5, 0.6) is 0 Å². The molecule has 1 atom stereocenters. The molecule has 1 aromatic rings. The minimum absolute atomic E-state index is 0.139. The molecule has 1 unspecified atom stereocenters. The highest BCUT2D eigenvalue weighted by molar-refractivity contribution is 7.14. The number of hydrogen-bond acceptors (Lipinski definition) is 3. The number of carboxylic acid groups (broad SMARTS) is 1. The van der Waals surface area contributed by atoms with E-state index in [9.17, 15) is 9.59 Å². The number of carboxylic acids is 1. The van der Waals surface area contributed by atoms with Gasteiger partial charge >= 0.3 is 5.97 Å². The first kappa shape index (κ1) is 15.0. The summed E-state index contributed by atoms with van der Waals surface area (Å²) < 4.78 is 0. The molecule has 20 heavy (non-hydrogen) atoms. The van der Waals surface area contributed by atoms with E-state index in [0.29, 0.717) is 10.8 Å². The fourth-order valence-electron chi connectivity index (χ4n) is 2.28. The maximum absolute atomic E-state index is 12.1. The summed E-state index contributed by atoms with van der Waals surface area (Å²) in [5.74, 6) is -0.387. The molecule has 0 bridgehead atoms. The number of hydrogen-bond donors (Lipinski definition) is 2. The van der Waals surface area contributed by atoms with Crippen molar-refractivity contribution in [3.63, 3.8) is 0 Å². The third-order valence-electron chi connectivity index (χ3n) is 3.82. The van der Waals surface area contributed by atoms with E-state index in [1.807, 2.05) is 6.07 Å². The maximum atomic E-state index is 12.1. The Morgan fingerprint density at radius 3 is 2.85 bits per heavy atom. The molecule has 0 saturated heterocycles. The summed E-state index contributed by atoms with van der Waals surface area (Å²) in [6, 6.07) is 1.97. The van der Waals surface area contributed by atoms with Gasteiger partial charge in [-0.3, -0.25) is 9.59 Å². The van der Waals surface area contributed by atoms with Gasteiger partial charge in [-0.25, -0.2) is 0 Å². The van der Waals surface area contributed by atoms with Crippen LogP contribution in [0.1, 0.15) is 47.3 Å². The monoisotopic (exact) mass is 295 g/mol. The van der Waals surface area contributed by atoms with E-state index < -0.39 is 11.4 Å². The van der Waals surface area contributed by atoms with Crippen LogP contribution in [0.4, 0.5) is 0 Å². The molecule has 5 heteroatoms. The minimum Gasteiger partial charge on any atom is -0.481 e. The number of aryl methyl sites for hydroxylation is 1. The first-order chi connectivity index (χ1) is 9.29. The minimum atomic E-state index is -0.943. The molecule has 0 aromatic carbocycles. The predicted molar refractivity (Wildman–Crippen MR) is 79.3 cm³/mol. The van der Waals surface area contributed by atoms with Crippen molar-refractivity contribution in [1.29, 1.82) is 0 Å². The molecule has 0 aliphatic heterocycles. The molecule has 1 aliphatic rings. The Labute approximate surface area is 123 Å². The summed E-state index contributed by atoms with van der Waals surface area (Å²) in [7, 11) is 0. The molecule has 4 nitrogen and oxygen atoms in total. The number of carbonyl (C=O) groups excluding carboxylic acids is 1. The second-order valence-electron chi connectivity index (χ2n) is 6.28. The number of aliphatic carboxylic acids is 1. The van der Waals surface area contributed by atoms with Crippen molar-refractivity contribution in [3.8, 4) is 0 Å². The molecule has 0 radical (unpaired) electrons. The Morgan fingerprint density at radius 1 is 1.50 bits per heavy atom. The van der Waals surface area contributed by atoms with E-state index >= 15 is 0 Å². The van der Waals surface area contributed by atoms with Crippen LogP contribution >= 0.6 is 11.3 Å². The standard InChI is InChI=1S/C15H21NO3S/c1-9-4-5-11-10(6-9)7-12(20-11)13(17)16-8-15(2,3)14(18)19/h7,9H,4-6,8H2,1-3H3,(H,16,17)(H,18,19). The zero-order chi connectivity index (χ0) is 14.9. The van der Waals surface area contributed by atoms with Gasteiger partial charge in [0.05, 0.1) is 10.3 Å². The van der Waals surface area contributed by atoms with Gasteiger partial charge in [-0.1, -0.05) is 6.92 Å². The van der Waals surface area contributed by atoms with Crippen molar-refractivity contribution < 1.29 is 14.7 Å². The van der Waals surface area contributed by atoms with E-state index in [0.717, 1.165) is 12.8 Å². The van der Waals surface area contributed by atoms with Crippen LogP contribution in [-0.2, 0) is 17.6 Å². The summed E-state index contributed by atoms with van der Waals surface area (Å²) in [5, 5.41) is 11.8. The van der Waals surface area contributed by atoms with Crippen molar-refractivity contribution in [3.05, 3.63) is 21.4 Å². The topological polar surface area (TPSA) is 66.4 Å². The highest BCUT2D eigenvalue weighted by Gasteiger charge is 2.28. The fraction of sp³-hybridized carbons (Fsp3) is 0.600. The van der Waals surface area contributed by atoms with Gasteiger partial charge in [0.15, 0.2) is 0 Å². The van der Waals surface area contributed by atoms with Crippen LogP contribution in [-0.4, -0.2) is 23.5 Å². The SMILES string of the molecule is CC1CCc2sc(C(=O)NCC(C)(C)C(=O)O)cc2C1. The maximum Gasteiger partial charge on any atom is 0.310 e. The lowest BCUT2D eigenvalue weighted by Gasteiger charge is -2.19. The first-order valence-electron chi connectivity index (χ1n) is 6.93. The predicted octanol–water partition coefficient (Wildman–Crippen LogP) is 2.71. The van der Waals surface area contributed by atoms with Crippen LogP contribution in [0.25, 0.3) is 0 Å². The van der Waals surface area contributed by atoms with Crippen molar-refractivity contribution in [2.75, 3.05) is 6.54 Å². The zero-order valence-electron chi connectivity index (χ0n) is 12.2. The van der Waals surface area contributed by atoms with Crippen LogP contribution in [0, 0.1) is 11.3 Å². The normalized spacial score (nSPS) is 18.4. The van der Waals surface area contributed by atoms with Gasteiger partial charge < -0.3 is 10.4 Å². The second-order valence-corrected chi connectivity index (χ2v) is 7.42. The molecule has 1 aliphatic carbocycles. The average molecular weight is 295 g/mol. The van der Waals surface area contributed by atoms with Gasteiger partial charge in [0.2, 0.25) is 0 Å². The van der Waals surface area contributed by atoms with E-state index in [4.69, 9.17) is 5.11 Å². The molecule has 1 amide bonds. The summed E-state index contributed by atoms with van der Waals surface area (Å²) >= 11 is 1.54. The lowest BCUT2D eigenvalue weighted by Crippen LogP contribution is -2.38. The Bertz CT molecular complexity index is 533. The van der Waals surface area contributed by atoms with Gasteiger partial charge in [0.1, 0.15) is 0 Å². The molecule has 110 valence electrons. The van der Waals surface area contributed by atoms with E-state index in [-0.39, 0.29) is 12.5 Å². The summed E-state index contributed by atoms with van der Waals surface area (Å²) in [4.78, 5) is 25.1. The molecule has 1 heterocycles. The third-order valence-corrected chi connectivity index (χ3v) is 5.06. The third kappa shape index (κ3) is 3.20. The Kier molecular flexibility index (Phi) is 4.18. The zero-order valence-corrected chi connectivity index (χ0v) is 13.0. The highest BCUT2D eigenvalue weighted by Crippen LogP contribution is 2.32. The van der Waals surface area contributed by atoms with E-state index in [1.165, 1.54) is 16.9 Å². The second kappa shape index (κ2) is 5.56. The summed E-state index contributed by atoms with van der Waals surface area (Å²) in [6.45, 7) is 5.59. The largest absolute Gasteiger partial charge is 0.481 e. The smallest absolute Gasteiger partial charge is 0.310 e. The highest BCUT2D eigenvalue weighted by atomic mass is 32.1. The molecule has 2 N–H and O–H groups in total. The van der Waals surface area contributed by atoms with Crippen LogP contribution in [0.15, 0.2) is 6.07 Å². The van der Waals surface area contributed by atoms with Crippen molar-refractivity contribution in [2.45, 2.75) is 40.0 Å². The van der Waals surface area contributed by atoms with E-state index in [2.05, 4.69) is 12.2 Å². The average Bonchev–Trinajstić information content (AvgIpc) is 2.78. The lowest BCUT2D eigenvalue weighted by molar-refractivity contribution is -0.146. The molecule has 0 saturated carbocycles. The van der Waals surface area contributed by atoms with Gasteiger partial charge in [0.25, 0.3) is 5.91 Å². The number of thiophene rings is 1. The van der Waals surface area contributed by atoms with E-state index in [1.54, 1.807) is 25.2 Å². The quantitative estimate of drug-likeness (QED) is 0.897. The van der Waals surface area contributed by atoms with Crippen LogP contribution in [0.2, 0.25) is 0 Å². The number of fused-ring (bicyclic) bond motifs is 1. The van der Waals surface area contributed by atoms with Gasteiger partial charge in [-0.15, -0.1) is 11.3 Å². The fourth-order valence-corrected chi connectivity index (χ4v) is 3.41. The number of nitrogens with one attached hydrogen (secondary N) is 1. The lowest BCUT2D eigenvalue weighted by atomic mass is 9.90. The number of rotatable bonds is 4. The molecular formula is C15H21NO3S. The number of amides is 1. The molecule has 2 rings (SSSR count). The van der Waals surface area contributed by atoms with Gasteiger partial charge in [-0.05, 0) is 50.7 Å². The van der Waals surface area contributed by atoms with Crippen LogP contribution in [0.3, 0.4) is 0 Å². The summed E-state index contributed by atoms with van der Waals surface area (Å²) in [6.07, 6.45) is 3.27. The Balaban J connectivity index is 2.02. The van der Waals surface area contributed by atoms with Crippen molar-refractivity contribution >= 4 is 23.2 Å². The van der Waals surface area contributed by atoms with Crippen molar-refractivity contribution in [1.82, 2.24) is 5.32 Å². The Morgan fingerprint density at radius 2 is 2.20 bits per heavy atom. The van der Waals surface area contributed by atoms with Gasteiger partial charge in [0, 0.05) is 11.4 Å². The van der Waals surface area contributed by atoms with Gasteiger partial charge in [-0.2, -0.15) is 0 Å².